The molecule has 0 aromatic rings. The quantitative estimate of drug-likeness (QED) is 0.784. The molecule has 0 aromatic heterocycles. The lowest BCUT2D eigenvalue weighted by Crippen LogP contribution is -2.40. The van der Waals surface area contributed by atoms with Crippen molar-refractivity contribution in [3.05, 3.63) is 0 Å². The number of carbonyl (C=O) groups excluding carboxylic acids is 1. The summed E-state index contributed by atoms with van der Waals surface area (Å²) in [6.07, 6.45) is 2.44. The van der Waals surface area contributed by atoms with E-state index < -0.39 is 0 Å². The van der Waals surface area contributed by atoms with Crippen LogP contribution in [-0.2, 0) is 4.79 Å². The minimum absolute atomic E-state index is 0.0929. The van der Waals surface area contributed by atoms with E-state index in [0.29, 0.717) is 5.92 Å². The number of piperidine rings is 1. The van der Waals surface area contributed by atoms with E-state index in [9.17, 15) is 4.79 Å². The van der Waals surface area contributed by atoms with Crippen molar-refractivity contribution in [2.24, 2.45) is 11.8 Å². The molecule has 0 spiro atoms. The fourth-order valence-corrected chi connectivity index (χ4v) is 2.36. The second kappa shape index (κ2) is 7.28. The van der Waals surface area contributed by atoms with Crippen LogP contribution in [0.5, 0.6) is 0 Å². The summed E-state index contributed by atoms with van der Waals surface area (Å²) in [5.41, 5.74) is 0. The Kier molecular flexibility index (Phi) is 6.36. The van der Waals surface area contributed by atoms with Crippen LogP contribution < -0.4 is 5.32 Å². The van der Waals surface area contributed by atoms with Crippen LogP contribution in [0.2, 0.25) is 0 Å². The van der Waals surface area contributed by atoms with E-state index in [2.05, 4.69) is 33.1 Å². The van der Waals surface area contributed by atoms with Gasteiger partial charge in [-0.1, -0.05) is 22.9 Å². The van der Waals surface area contributed by atoms with Gasteiger partial charge in [-0.15, -0.1) is 0 Å². The van der Waals surface area contributed by atoms with Crippen molar-refractivity contribution in [2.75, 3.05) is 31.5 Å². The number of rotatable bonds is 5. The Labute approximate surface area is 107 Å². The number of nitrogens with one attached hydrogen (secondary N) is 1. The first-order valence-electron chi connectivity index (χ1n) is 6.14. The molecule has 1 aliphatic heterocycles. The van der Waals surface area contributed by atoms with Crippen molar-refractivity contribution in [1.82, 2.24) is 10.2 Å². The van der Waals surface area contributed by atoms with Crippen LogP contribution in [0.3, 0.4) is 0 Å². The third kappa shape index (κ3) is 5.30. The largest absolute Gasteiger partial charge is 0.356 e. The zero-order valence-corrected chi connectivity index (χ0v) is 11.9. The summed E-state index contributed by atoms with van der Waals surface area (Å²) in [5, 5.41) is 4.00. The lowest BCUT2D eigenvalue weighted by atomic mass is 9.96. The van der Waals surface area contributed by atoms with Gasteiger partial charge in [0, 0.05) is 25.3 Å². The van der Waals surface area contributed by atoms with Crippen molar-refractivity contribution in [1.29, 1.82) is 0 Å². The smallest absolute Gasteiger partial charge is 0.216 e. The van der Waals surface area contributed by atoms with E-state index in [4.69, 9.17) is 0 Å². The van der Waals surface area contributed by atoms with Crippen LogP contribution in [0.25, 0.3) is 0 Å². The first-order chi connectivity index (χ1) is 7.61. The highest BCUT2D eigenvalue weighted by Gasteiger charge is 2.20. The third-order valence-electron chi connectivity index (χ3n) is 3.18. The van der Waals surface area contributed by atoms with Crippen molar-refractivity contribution in [3.8, 4) is 0 Å². The number of halogens is 1. The van der Waals surface area contributed by atoms with Crippen molar-refractivity contribution in [2.45, 2.75) is 26.7 Å². The molecule has 0 saturated carbocycles. The Bertz CT molecular complexity index is 215. The fourth-order valence-electron chi connectivity index (χ4n) is 2.15. The molecule has 1 unspecified atom stereocenters. The molecule has 1 saturated heterocycles. The van der Waals surface area contributed by atoms with E-state index in [1.807, 2.05) is 0 Å². The number of carbonyl (C=O) groups is 1. The monoisotopic (exact) mass is 290 g/mol. The highest BCUT2D eigenvalue weighted by atomic mass is 79.9. The molecule has 1 amide bonds. The molecule has 0 bridgehead atoms. The molecule has 16 heavy (non-hydrogen) atoms. The molecular formula is C12H23BrN2O. The van der Waals surface area contributed by atoms with Crippen molar-refractivity contribution < 1.29 is 4.79 Å². The lowest BCUT2D eigenvalue weighted by molar-refractivity contribution is -0.119. The second-order valence-electron chi connectivity index (χ2n) is 4.94. The summed E-state index contributed by atoms with van der Waals surface area (Å²) in [4.78, 5) is 13.3. The minimum atomic E-state index is 0.0929. The third-order valence-corrected chi connectivity index (χ3v) is 4.29. The van der Waals surface area contributed by atoms with E-state index in [1.165, 1.54) is 32.5 Å². The molecule has 1 atom stereocenters. The molecule has 94 valence electrons. The molecule has 1 N–H and O–H groups in total. The summed E-state index contributed by atoms with van der Waals surface area (Å²) in [5.74, 6) is 1.50. The molecule has 3 nitrogen and oxygen atoms in total. The fraction of sp³-hybridized carbons (Fsp3) is 0.917. The second-order valence-corrected chi connectivity index (χ2v) is 5.59. The molecule has 0 aromatic carbocycles. The Morgan fingerprint density at radius 1 is 1.50 bits per heavy atom. The van der Waals surface area contributed by atoms with Gasteiger partial charge >= 0.3 is 0 Å². The Morgan fingerprint density at radius 2 is 2.12 bits per heavy atom. The zero-order chi connectivity index (χ0) is 12.0. The first kappa shape index (κ1) is 14.0. The number of hydrogen-bond acceptors (Lipinski definition) is 2. The molecule has 4 heteroatoms. The van der Waals surface area contributed by atoms with Gasteiger partial charge in [-0.2, -0.15) is 0 Å². The van der Waals surface area contributed by atoms with E-state index in [1.54, 1.807) is 6.92 Å². The summed E-state index contributed by atoms with van der Waals surface area (Å²) in [7, 11) is 0. The number of hydrogen-bond donors (Lipinski definition) is 1. The van der Waals surface area contributed by atoms with E-state index >= 15 is 0 Å². The number of likely N-dealkylation sites (tertiary alicyclic amines) is 1. The molecule has 1 rings (SSSR count). The van der Waals surface area contributed by atoms with E-state index in [-0.39, 0.29) is 5.91 Å². The zero-order valence-electron chi connectivity index (χ0n) is 10.3. The van der Waals surface area contributed by atoms with Crippen molar-refractivity contribution >= 4 is 21.8 Å². The molecule has 1 heterocycles. The predicted octanol–water partition coefficient (Wildman–Crippen LogP) is 1.87. The average Bonchev–Trinajstić information content (AvgIpc) is 2.28. The molecular weight excluding hydrogens is 268 g/mol. The number of nitrogens with zero attached hydrogens (tertiary/aromatic N) is 1. The topological polar surface area (TPSA) is 32.3 Å². The van der Waals surface area contributed by atoms with Crippen molar-refractivity contribution in [3.63, 3.8) is 0 Å². The maximum atomic E-state index is 10.8. The van der Waals surface area contributed by atoms with Gasteiger partial charge in [-0.25, -0.2) is 0 Å². The maximum Gasteiger partial charge on any atom is 0.216 e. The van der Waals surface area contributed by atoms with Gasteiger partial charge in [0.15, 0.2) is 0 Å². The van der Waals surface area contributed by atoms with E-state index in [0.717, 1.165) is 17.8 Å². The predicted molar refractivity (Wildman–Crippen MR) is 70.8 cm³/mol. The van der Waals surface area contributed by atoms with Gasteiger partial charge in [-0.05, 0) is 37.8 Å². The molecule has 0 aliphatic carbocycles. The minimum Gasteiger partial charge on any atom is -0.356 e. The van der Waals surface area contributed by atoms with Crippen LogP contribution in [0.1, 0.15) is 26.7 Å². The highest BCUT2D eigenvalue weighted by Crippen LogP contribution is 2.17. The SMILES string of the molecule is CC(=O)NCC1CCN(CC(C)CBr)CC1. The molecule has 1 aliphatic rings. The van der Waals surface area contributed by atoms with Gasteiger partial charge < -0.3 is 10.2 Å². The maximum absolute atomic E-state index is 10.8. The summed E-state index contributed by atoms with van der Waals surface area (Å²) in [6, 6.07) is 0. The van der Waals surface area contributed by atoms with Crippen LogP contribution >= 0.6 is 15.9 Å². The summed E-state index contributed by atoms with van der Waals surface area (Å²) >= 11 is 3.52. The van der Waals surface area contributed by atoms with Crippen LogP contribution in [0.15, 0.2) is 0 Å². The van der Waals surface area contributed by atoms with Gasteiger partial charge in [0.05, 0.1) is 0 Å². The summed E-state index contributed by atoms with van der Waals surface area (Å²) < 4.78 is 0. The lowest BCUT2D eigenvalue weighted by Gasteiger charge is -2.33. The van der Waals surface area contributed by atoms with Gasteiger partial charge in [-0.3, -0.25) is 4.79 Å². The standard InChI is InChI=1S/C12H23BrN2O/c1-10(7-13)9-15-5-3-12(4-6-15)8-14-11(2)16/h10,12H,3-9H2,1-2H3,(H,14,16). The van der Waals surface area contributed by atoms with Gasteiger partial charge in [0.2, 0.25) is 5.91 Å². The molecule has 0 radical (unpaired) electrons. The molecule has 1 fully saturated rings. The number of amides is 1. The summed E-state index contributed by atoms with van der Waals surface area (Å²) in [6.45, 7) is 8.28. The number of alkyl halides is 1. The highest BCUT2D eigenvalue weighted by molar-refractivity contribution is 9.09. The first-order valence-corrected chi connectivity index (χ1v) is 7.26. The Morgan fingerprint density at radius 3 is 2.62 bits per heavy atom. The van der Waals surface area contributed by atoms with Crippen LogP contribution in [0, 0.1) is 11.8 Å². The Hall–Kier alpha value is -0.0900. The van der Waals surface area contributed by atoms with Gasteiger partial charge in [0.25, 0.3) is 0 Å². The normalized spacial score (nSPS) is 20.7. The van der Waals surface area contributed by atoms with Gasteiger partial charge in [0.1, 0.15) is 0 Å². The Balaban J connectivity index is 2.15. The van der Waals surface area contributed by atoms with Crippen LogP contribution in [0.4, 0.5) is 0 Å². The average molecular weight is 291 g/mol. The van der Waals surface area contributed by atoms with Crippen LogP contribution in [-0.4, -0.2) is 42.3 Å².